The number of hydrogen-bond acceptors (Lipinski definition) is 4. The average Bonchev–Trinajstić information content (AvgIpc) is 2.70. The molecule has 3 aliphatic rings. The first-order chi connectivity index (χ1) is 13.1. The normalized spacial score (nSPS) is 30.0. The van der Waals surface area contributed by atoms with Gasteiger partial charge in [0.15, 0.2) is 0 Å². The van der Waals surface area contributed by atoms with Crippen LogP contribution in [0.3, 0.4) is 0 Å². The standard InChI is InChI=1S/C23H36N2O2/c1-4-26-20-7-11-23(3,12-8-20)24-13-9-19(10-14-24)25-15-16-27-22-6-5-18(2)17-21(22)25/h5-6,17,19-20H,4,7-16H2,1-3H3/t20-,23-. The number of nitrogens with zero attached hydrogens (tertiary/aromatic N) is 2. The zero-order valence-corrected chi connectivity index (χ0v) is 17.4. The second kappa shape index (κ2) is 8.00. The molecule has 0 aromatic heterocycles. The fourth-order valence-corrected chi connectivity index (χ4v) is 5.38. The summed E-state index contributed by atoms with van der Waals surface area (Å²) in [5, 5.41) is 0. The molecule has 27 heavy (non-hydrogen) atoms. The van der Waals surface area contributed by atoms with Gasteiger partial charge in [-0.3, -0.25) is 4.90 Å². The summed E-state index contributed by atoms with van der Waals surface area (Å²) in [5.74, 6) is 1.07. The minimum Gasteiger partial charge on any atom is -0.490 e. The van der Waals surface area contributed by atoms with Gasteiger partial charge in [-0.25, -0.2) is 0 Å². The molecule has 2 fully saturated rings. The number of ether oxygens (including phenoxy) is 2. The lowest BCUT2D eigenvalue weighted by Gasteiger charge is -2.50. The predicted octanol–water partition coefficient (Wildman–Crippen LogP) is 4.40. The van der Waals surface area contributed by atoms with Crippen molar-refractivity contribution in [3.05, 3.63) is 23.8 Å². The number of fused-ring (bicyclic) bond motifs is 1. The molecule has 1 saturated heterocycles. The average molecular weight is 373 g/mol. The van der Waals surface area contributed by atoms with Crippen LogP contribution in [0.5, 0.6) is 5.75 Å². The van der Waals surface area contributed by atoms with Crippen LogP contribution in [0.25, 0.3) is 0 Å². The van der Waals surface area contributed by atoms with E-state index in [4.69, 9.17) is 9.47 Å². The van der Waals surface area contributed by atoms with Crippen LogP contribution in [-0.2, 0) is 4.74 Å². The molecular formula is C23H36N2O2. The van der Waals surface area contributed by atoms with E-state index in [1.165, 1.54) is 62.9 Å². The fourth-order valence-electron chi connectivity index (χ4n) is 5.38. The SMILES string of the molecule is CCO[C@H]1CC[C@](C)(N2CCC(N3CCOc4ccc(C)cc43)CC2)CC1. The Balaban J connectivity index is 1.37. The Hall–Kier alpha value is -1.26. The van der Waals surface area contributed by atoms with Gasteiger partial charge in [0.25, 0.3) is 0 Å². The predicted molar refractivity (Wildman–Crippen MR) is 111 cm³/mol. The van der Waals surface area contributed by atoms with Gasteiger partial charge >= 0.3 is 0 Å². The summed E-state index contributed by atoms with van der Waals surface area (Å²) in [6, 6.07) is 7.25. The molecule has 4 rings (SSSR count). The minimum atomic E-state index is 0.373. The van der Waals surface area contributed by atoms with E-state index in [-0.39, 0.29) is 0 Å². The minimum absolute atomic E-state index is 0.373. The van der Waals surface area contributed by atoms with E-state index in [1.807, 2.05) is 0 Å². The van der Waals surface area contributed by atoms with Crippen molar-refractivity contribution in [1.82, 2.24) is 4.90 Å². The lowest BCUT2D eigenvalue weighted by molar-refractivity contribution is -0.0251. The van der Waals surface area contributed by atoms with E-state index in [0.717, 1.165) is 25.5 Å². The zero-order valence-electron chi connectivity index (χ0n) is 17.4. The van der Waals surface area contributed by atoms with Crippen molar-refractivity contribution in [2.75, 3.05) is 37.7 Å². The first-order valence-electron chi connectivity index (χ1n) is 11.0. The molecule has 0 radical (unpaired) electrons. The van der Waals surface area contributed by atoms with Crippen molar-refractivity contribution in [2.45, 2.75) is 77.0 Å². The first kappa shape index (κ1) is 19.1. The maximum atomic E-state index is 5.90. The number of rotatable bonds is 4. The van der Waals surface area contributed by atoms with E-state index in [9.17, 15) is 0 Å². The molecule has 1 saturated carbocycles. The van der Waals surface area contributed by atoms with Crippen LogP contribution in [0.1, 0.15) is 57.9 Å². The quantitative estimate of drug-likeness (QED) is 0.782. The summed E-state index contributed by atoms with van der Waals surface area (Å²) in [4.78, 5) is 5.40. The van der Waals surface area contributed by atoms with Crippen LogP contribution < -0.4 is 9.64 Å². The summed E-state index contributed by atoms with van der Waals surface area (Å²) in [7, 11) is 0. The molecule has 0 atom stereocenters. The van der Waals surface area contributed by atoms with Gasteiger partial charge in [-0.05, 0) is 77.0 Å². The Kier molecular flexibility index (Phi) is 5.65. The molecule has 0 amide bonds. The highest BCUT2D eigenvalue weighted by molar-refractivity contribution is 5.62. The van der Waals surface area contributed by atoms with Crippen molar-refractivity contribution < 1.29 is 9.47 Å². The fraction of sp³-hybridized carbons (Fsp3) is 0.739. The number of piperidine rings is 1. The Morgan fingerprint density at radius 1 is 1.11 bits per heavy atom. The van der Waals surface area contributed by atoms with E-state index in [1.54, 1.807) is 0 Å². The first-order valence-corrected chi connectivity index (χ1v) is 11.0. The smallest absolute Gasteiger partial charge is 0.142 e. The largest absolute Gasteiger partial charge is 0.490 e. The van der Waals surface area contributed by atoms with Gasteiger partial charge in [-0.15, -0.1) is 0 Å². The number of anilines is 1. The van der Waals surface area contributed by atoms with Crippen molar-refractivity contribution in [1.29, 1.82) is 0 Å². The number of hydrogen-bond donors (Lipinski definition) is 0. The van der Waals surface area contributed by atoms with Gasteiger partial charge in [0.1, 0.15) is 12.4 Å². The molecule has 0 spiro atoms. The van der Waals surface area contributed by atoms with Crippen LogP contribution in [-0.4, -0.2) is 55.4 Å². The molecule has 4 nitrogen and oxygen atoms in total. The maximum Gasteiger partial charge on any atom is 0.142 e. The van der Waals surface area contributed by atoms with Crippen LogP contribution in [0.2, 0.25) is 0 Å². The molecule has 2 aliphatic heterocycles. The van der Waals surface area contributed by atoms with Gasteiger partial charge in [-0.2, -0.15) is 0 Å². The summed E-state index contributed by atoms with van der Waals surface area (Å²) in [6.07, 6.45) is 8.02. The van der Waals surface area contributed by atoms with Crippen LogP contribution in [0.4, 0.5) is 5.69 Å². The zero-order chi connectivity index (χ0) is 18.9. The molecule has 2 heterocycles. The summed E-state index contributed by atoms with van der Waals surface area (Å²) >= 11 is 0. The lowest BCUT2D eigenvalue weighted by Crippen LogP contribution is -2.55. The van der Waals surface area contributed by atoms with Crippen molar-refractivity contribution in [3.8, 4) is 5.75 Å². The Labute approximate surface area is 164 Å². The van der Waals surface area contributed by atoms with Crippen LogP contribution in [0.15, 0.2) is 18.2 Å². The second-order valence-corrected chi connectivity index (χ2v) is 8.88. The Bertz CT molecular complexity index is 631. The van der Waals surface area contributed by atoms with E-state index in [0.29, 0.717) is 17.7 Å². The third-order valence-corrected chi connectivity index (χ3v) is 7.09. The third kappa shape index (κ3) is 3.97. The van der Waals surface area contributed by atoms with Gasteiger partial charge in [0.2, 0.25) is 0 Å². The van der Waals surface area contributed by atoms with Gasteiger partial charge in [-0.1, -0.05) is 6.07 Å². The molecular weight excluding hydrogens is 336 g/mol. The highest BCUT2D eigenvalue weighted by Gasteiger charge is 2.39. The molecule has 0 unspecified atom stereocenters. The molecule has 1 aromatic carbocycles. The molecule has 0 N–H and O–H groups in total. The van der Waals surface area contributed by atoms with Crippen molar-refractivity contribution in [2.24, 2.45) is 0 Å². The van der Waals surface area contributed by atoms with Gasteiger partial charge in [0, 0.05) is 31.3 Å². The van der Waals surface area contributed by atoms with Gasteiger partial charge < -0.3 is 14.4 Å². The molecule has 1 aromatic rings. The van der Waals surface area contributed by atoms with E-state index < -0.39 is 0 Å². The summed E-state index contributed by atoms with van der Waals surface area (Å²) in [6.45, 7) is 11.9. The number of likely N-dealkylation sites (tertiary alicyclic amines) is 1. The third-order valence-electron chi connectivity index (χ3n) is 7.09. The van der Waals surface area contributed by atoms with Crippen LogP contribution >= 0.6 is 0 Å². The summed E-state index contributed by atoms with van der Waals surface area (Å²) in [5.41, 5.74) is 3.00. The molecule has 150 valence electrons. The van der Waals surface area contributed by atoms with E-state index in [2.05, 4.69) is 48.8 Å². The topological polar surface area (TPSA) is 24.9 Å². The Morgan fingerprint density at radius 3 is 2.56 bits per heavy atom. The highest BCUT2D eigenvalue weighted by Crippen LogP contribution is 2.39. The number of aryl methyl sites for hydroxylation is 1. The van der Waals surface area contributed by atoms with Crippen molar-refractivity contribution in [3.63, 3.8) is 0 Å². The highest BCUT2D eigenvalue weighted by atomic mass is 16.5. The molecule has 0 bridgehead atoms. The molecule has 4 heteroatoms. The lowest BCUT2D eigenvalue weighted by atomic mass is 9.79. The maximum absolute atomic E-state index is 5.90. The van der Waals surface area contributed by atoms with Gasteiger partial charge in [0.05, 0.1) is 18.3 Å². The van der Waals surface area contributed by atoms with E-state index >= 15 is 0 Å². The van der Waals surface area contributed by atoms with Crippen molar-refractivity contribution >= 4 is 5.69 Å². The second-order valence-electron chi connectivity index (χ2n) is 8.88. The Morgan fingerprint density at radius 2 is 1.85 bits per heavy atom. The summed E-state index contributed by atoms with van der Waals surface area (Å²) < 4.78 is 11.8. The monoisotopic (exact) mass is 372 g/mol. The van der Waals surface area contributed by atoms with Crippen LogP contribution in [0, 0.1) is 6.92 Å². The molecule has 1 aliphatic carbocycles. The number of benzene rings is 1.